The molecule has 2 heteroatoms. The largest absolute Gasteiger partial charge is 0.496 e. The third kappa shape index (κ3) is 3.76. The lowest BCUT2D eigenvalue weighted by Crippen LogP contribution is -2.32. The van der Waals surface area contributed by atoms with E-state index >= 15 is 0 Å². The molecular formula is C18H29NO. The van der Waals surface area contributed by atoms with Gasteiger partial charge in [-0.25, -0.2) is 0 Å². The summed E-state index contributed by atoms with van der Waals surface area (Å²) < 4.78 is 5.63. The van der Waals surface area contributed by atoms with Crippen LogP contribution in [0.5, 0.6) is 5.75 Å². The van der Waals surface area contributed by atoms with Gasteiger partial charge in [0.25, 0.3) is 0 Å². The van der Waals surface area contributed by atoms with Gasteiger partial charge < -0.3 is 10.1 Å². The number of methoxy groups -OCH3 is 1. The molecule has 1 fully saturated rings. The molecule has 1 unspecified atom stereocenters. The van der Waals surface area contributed by atoms with Crippen LogP contribution in [0.15, 0.2) is 12.1 Å². The molecule has 1 aliphatic rings. The van der Waals surface area contributed by atoms with Gasteiger partial charge in [0.1, 0.15) is 5.75 Å². The van der Waals surface area contributed by atoms with Gasteiger partial charge in [0.2, 0.25) is 0 Å². The van der Waals surface area contributed by atoms with Crippen LogP contribution in [-0.2, 0) is 6.42 Å². The molecule has 0 aromatic heterocycles. The Labute approximate surface area is 123 Å². The van der Waals surface area contributed by atoms with Crippen molar-refractivity contribution in [1.82, 2.24) is 5.32 Å². The van der Waals surface area contributed by atoms with E-state index in [1.807, 2.05) is 0 Å². The van der Waals surface area contributed by atoms with Gasteiger partial charge in [-0.15, -0.1) is 0 Å². The van der Waals surface area contributed by atoms with Gasteiger partial charge in [0, 0.05) is 6.04 Å². The average molecular weight is 275 g/mol. The summed E-state index contributed by atoms with van der Waals surface area (Å²) in [7, 11) is 1.79. The molecule has 20 heavy (non-hydrogen) atoms. The van der Waals surface area contributed by atoms with E-state index in [-0.39, 0.29) is 0 Å². The van der Waals surface area contributed by atoms with Crippen LogP contribution < -0.4 is 10.1 Å². The third-order valence-electron chi connectivity index (χ3n) is 4.53. The predicted molar refractivity (Wildman–Crippen MR) is 85.6 cm³/mol. The summed E-state index contributed by atoms with van der Waals surface area (Å²) in [6, 6.07) is 5.16. The van der Waals surface area contributed by atoms with E-state index in [0.717, 1.165) is 24.6 Å². The number of ether oxygens (including phenoxy) is 1. The summed E-state index contributed by atoms with van der Waals surface area (Å²) in [4.78, 5) is 0. The van der Waals surface area contributed by atoms with Crippen molar-refractivity contribution in [3.8, 4) is 5.75 Å². The first-order valence-corrected chi connectivity index (χ1v) is 8.03. The Balaban J connectivity index is 2.00. The maximum Gasteiger partial charge on any atom is 0.125 e. The summed E-state index contributed by atoms with van der Waals surface area (Å²) >= 11 is 0. The van der Waals surface area contributed by atoms with Gasteiger partial charge in [-0.05, 0) is 75.1 Å². The molecular weight excluding hydrogens is 246 g/mol. The van der Waals surface area contributed by atoms with Gasteiger partial charge in [-0.1, -0.05) is 19.1 Å². The molecule has 2 rings (SSSR count). The molecule has 1 aromatic carbocycles. The van der Waals surface area contributed by atoms with Gasteiger partial charge in [-0.3, -0.25) is 0 Å². The quantitative estimate of drug-likeness (QED) is 0.773. The number of rotatable bonds is 8. The van der Waals surface area contributed by atoms with E-state index in [1.54, 1.807) is 7.11 Å². The zero-order valence-electron chi connectivity index (χ0n) is 13.5. The first kappa shape index (κ1) is 15.4. The van der Waals surface area contributed by atoms with E-state index in [1.165, 1.54) is 42.4 Å². The first-order valence-electron chi connectivity index (χ1n) is 8.03. The van der Waals surface area contributed by atoms with E-state index in [2.05, 4.69) is 38.2 Å². The predicted octanol–water partition coefficient (Wildman–Crippen LogP) is 4.02. The van der Waals surface area contributed by atoms with Crippen molar-refractivity contribution < 1.29 is 4.74 Å². The number of nitrogens with one attached hydrogen (secondary N) is 1. The standard InChI is InChI=1S/C18H29NO/c1-5-12-19-17(15-8-9-15)11-10-16-7-6-13(2)14(3)18(16)20-4/h6-7,15,17,19H,5,8-12H2,1-4H3. The lowest BCUT2D eigenvalue weighted by atomic mass is 9.97. The fourth-order valence-corrected chi connectivity index (χ4v) is 2.97. The topological polar surface area (TPSA) is 21.3 Å². The van der Waals surface area contributed by atoms with Crippen LogP contribution in [0.4, 0.5) is 0 Å². The molecule has 0 saturated heterocycles. The summed E-state index contributed by atoms with van der Waals surface area (Å²) in [6.45, 7) is 7.69. The Morgan fingerprint density at radius 1 is 1.30 bits per heavy atom. The lowest BCUT2D eigenvalue weighted by Gasteiger charge is -2.19. The van der Waals surface area contributed by atoms with Crippen molar-refractivity contribution >= 4 is 0 Å². The second-order valence-electron chi connectivity index (χ2n) is 6.14. The van der Waals surface area contributed by atoms with Crippen LogP contribution >= 0.6 is 0 Å². The van der Waals surface area contributed by atoms with Crippen LogP contribution in [0.25, 0.3) is 0 Å². The second-order valence-corrected chi connectivity index (χ2v) is 6.14. The zero-order valence-corrected chi connectivity index (χ0v) is 13.5. The summed E-state index contributed by atoms with van der Waals surface area (Å²) in [5.41, 5.74) is 3.96. The Morgan fingerprint density at radius 3 is 2.65 bits per heavy atom. The molecule has 112 valence electrons. The van der Waals surface area contributed by atoms with Crippen molar-refractivity contribution in [3.63, 3.8) is 0 Å². The lowest BCUT2D eigenvalue weighted by molar-refractivity contribution is 0.398. The minimum Gasteiger partial charge on any atom is -0.496 e. The van der Waals surface area contributed by atoms with Crippen LogP contribution in [0.1, 0.15) is 49.3 Å². The van der Waals surface area contributed by atoms with Crippen molar-refractivity contribution in [3.05, 3.63) is 28.8 Å². The van der Waals surface area contributed by atoms with Crippen molar-refractivity contribution in [2.75, 3.05) is 13.7 Å². The molecule has 0 heterocycles. The van der Waals surface area contributed by atoms with Crippen LogP contribution in [0.2, 0.25) is 0 Å². The molecule has 0 spiro atoms. The fraction of sp³-hybridized carbons (Fsp3) is 0.667. The maximum atomic E-state index is 5.63. The van der Waals surface area contributed by atoms with E-state index < -0.39 is 0 Å². The fourth-order valence-electron chi connectivity index (χ4n) is 2.97. The zero-order chi connectivity index (χ0) is 14.5. The summed E-state index contributed by atoms with van der Waals surface area (Å²) in [6.07, 6.45) is 6.37. The minimum absolute atomic E-state index is 0.696. The molecule has 1 saturated carbocycles. The molecule has 0 amide bonds. The normalized spacial score (nSPS) is 16.2. The molecule has 2 nitrogen and oxygen atoms in total. The summed E-state index contributed by atoms with van der Waals surface area (Å²) in [5.74, 6) is 2.01. The highest BCUT2D eigenvalue weighted by molar-refractivity contribution is 5.45. The molecule has 1 aliphatic carbocycles. The van der Waals surface area contributed by atoms with Gasteiger partial charge in [0.15, 0.2) is 0 Å². The number of benzene rings is 1. The SMILES string of the molecule is CCCNC(CCc1ccc(C)c(C)c1OC)C1CC1. The number of hydrogen-bond donors (Lipinski definition) is 1. The van der Waals surface area contributed by atoms with Crippen LogP contribution in [0, 0.1) is 19.8 Å². The highest BCUT2D eigenvalue weighted by Gasteiger charge is 2.30. The van der Waals surface area contributed by atoms with E-state index in [4.69, 9.17) is 4.74 Å². The molecule has 1 atom stereocenters. The van der Waals surface area contributed by atoms with Crippen LogP contribution in [0.3, 0.4) is 0 Å². The monoisotopic (exact) mass is 275 g/mol. The second kappa shape index (κ2) is 7.12. The van der Waals surface area contributed by atoms with Crippen molar-refractivity contribution in [1.29, 1.82) is 0 Å². The van der Waals surface area contributed by atoms with Crippen LogP contribution in [-0.4, -0.2) is 19.7 Å². The molecule has 0 bridgehead atoms. The van der Waals surface area contributed by atoms with Gasteiger partial charge in [-0.2, -0.15) is 0 Å². The molecule has 1 N–H and O–H groups in total. The van der Waals surface area contributed by atoms with E-state index in [9.17, 15) is 0 Å². The van der Waals surface area contributed by atoms with Gasteiger partial charge >= 0.3 is 0 Å². The molecule has 0 aliphatic heterocycles. The van der Waals surface area contributed by atoms with Crippen molar-refractivity contribution in [2.24, 2.45) is 5.92 Å². The highest BCUT2D eigenvalue weighted by atomic mass is 16.5. The Kier molecular flexibility index (Phi) is 5.47. The van der Waals surface area contributed by atoms with Crippen molar-refractivity contribution in [2.45, 2.75) is 58.9 Å². The molecule has 0 radical (unpaired) electrons. The Hall–Kier alpha value is -1.02. The van der Waals surface area contributed by atoms with Gasteiger partial charge in [0.05, 0.1) is 7.11 Å². The first-order chi connectivity index (χ1) is 9.67. The Bertz CT molecular complexity index is 437. The maximum absolute atomic E-state index is 5.63. The third-order valence-corrected chi connectivity index (χ3v) is 4.53. The van der Waals surface area contributed by atoms with E-state index in [0.29, 0.717) is 6.04 Å². The number of aryl methyl sites for hydroxylation is 2. The Morgan fingerprint density at radius 2 is 2.05 bits per heavy atom. The highest BCUT2D eigenvalue weighted by Crippen LogP contribution is 2.35. The smallest absolute Gasteiger partial charge is 0.125 e. The average Bonchev–Trinajstić information content (AvgIpc) is 3.27. The minimum atomic E-state index is 0.696. The summed E-state index contributed by atoms with van der Waals surface area (Å²) in [5, 5.41) is 3.72. The number of hydrogen-bond acceptors (Lipinski definition) is 2. The molecule has 1 aromatic rings.